The number of halogens is 1. The fraction of sp³-hybridized carbons (Fsp3) is 0.278. The van der Waals surface area contributed by atoms with E-state index in [2.05, 4.69) is 5.32 Å². The van der Waals surface area contributed by atoms with Gasteiger partial charge >= 0.3 is 0 Å². The zero-order chi connectivity index (χ0) is 16.8. The molecule has 5 nitrogen and oxygen atoms in total. The van der Waals surface area contributed by atoms with Crippen molar-refractivity contribution in [2.24, 2.45) is 0 Å². The summed E-state index contributed by atoms with van der Waals surface area (Å²) in [5, 5.41) is 3.52. The summed E-state index contributed by atoms with van der Waals surface area (Å²) in [6.45, 7) is 1.54. The number of ether oxygens (including phenoxy) is 3. The summed E-state index contributed by atoms with van der Waals surface area (Å²) in [7, 11) is 0. The predicted molar refractivity (Wildman–Crippen MR) is 92.2 cm³/mol. The fourth-order valence-corrected chi connectivity index (χ4v) is 2.42. The number of hydrogen-bond acceptors (Lipinski definition) is 4. The molecule has 1 heterocycles. The van der Waals surface area contributed by atoms with Crippen molar-refractivity contribution < 1.29 is 19.0 Å². The zero-order valence-corrected chi connectivity index (χ0v) is 13.8. The van der Waals surface area contributed by atoms with E-state index in [1.54, 1.807) is 42.5 Å². The molecule has 0 saturated heterocycles. The number of carbonyl (C=O) groups is 1. The van der Waals surface area contributed by atoms with Gasteiger partial charge < -0.3 is 19.5 Å². The maximum atomic E-state index is 12.0. The average molecular weight is 348 g/mol. The van der Waals surface area contributed by atoms with Crippen molar-refractivity contribution in [3.63, 3.8) is 0 Å². The summed E-state index contributed by atoms with van der Waals surface area (Å²) in [5.41, 5.74) is 0.697. The number of nitrogens with one attached hydrogen (secondary N) is 1. The average Bonchev–Trinajstić information content (AvgIpc) is 2.60. The Balaban J connectivity index is 1.41. The van der Waals surface area contributed by atoms with Gasteiger partial charge in [0.15, 0.2) is 11.5 Å². The molecule has 2 aromatic carbocycles. The largest absolute Gasteiger partial charge is 0.494 e. The summed E-state index contributed by atoms with van der Waals surface area (Å²) < 4.78 is 16.5. The van der Waals surface area contributed by atoms with Crippen LogP contribution in [0.25, 0.3) is 0 Å². The molecule has 0 spiro atoms. The second kappa shape index (κ2) is 7.93. The number of anilines is 1. The van der Waals surface area contributed by atoms with Crippen LogP contribution in [0.2, 0.25) is 5.02 Å². The second-order valence-electron chi connectivity index (χ2n) is 5.31. The van der Waals surface area contributed by atoms with Crippen molar-refractivity contribution in [1.82, 2.24) is 0 Å². The highest BCUT2D eigenvalue weighted by atomic mass is 35.5. The maximum Gasteiger partial charge on any atom is 0.224 e. The third-order valence-corrected chi connectivity index (χ3v) is 3.71. The topological polar surface area (TPSA) is 56.8 Å². The van der Waals surface area contributed by atoms with Gasteiger partial charge in [0.25, 0.3) is 0 Å². The molecule has 0 radical (unpaired) electrons. The smallest absolute Gasteiger partial charge is 0.224 e. The number of fused-ring (bicyclic) bond motifs is 1. The SMILES string of the molecule is O=C(CCCOc1ccc(Cl)cc1)Nc1ccc2c(c1)OCCO2. The number of rotatable bonds is 6. The predicted octanol–water partition coefficient (Wildman–Crippen LogP) is 3.91. The monoisotopic (exact) mass is 347 g/mol. The number of carbonyl (C=O) groups excluding carboxylic acids is 1. The minimum atomic E-state index is -0.0635. The van der Waals surface area contributed by atoms with Crippen LogP contribution in [-0.2, 0) is 4.79 Å². The first-order valence-corrected chi connectivity index (χ1v) is 8.16. The van der Waals surface area contributed by atoms with Crippen LogP contribution in [-0.4, -0.2) is 25.7 Å². The van der Waals surface area contributed by atoms with Gasteiger partial charge in [-0.2, -0.15) is 0 Å². The fourth-order valence-electron chi connectivity index (χ4n) is 2.30. The van der Waals surface area contributed by atoms with Crippen molar-refractivity contribution in [3.8, 4) is 17.2 Å². The van der Waals surface area contributed by atoms with Crippen molar-refractivity contribution in [2.45, 2.75) is 12.8 Å². The molecule has 1 N–H and O–H groups in total. The van der Waals surface area contributed by atoms with E-state index in [0.29, 0.717) is 54.9 Å². The second-order valence-corrected chi connectivity index (χ2v) is 5.75. The first-order valence-electron chi connectivity index (χ1n) is 7.78. The molecule has 0 atom stereocenters. The van der Waals surface area contributed by atoms with E-state index in [0.717, 1.165) is 5.75 Å². The molecule has 0 bridgehead atoms. The summed E-state index contributed by atoms with van der Waals surface area (Å²) in [6, 6.07) is 12.5. The molecular weight excluding hydrogens is 330 g/mol. The lowest BCUT2D eigenvalue weighted by molar-refractivity contribution is -0.116. The molecule has 0 unspecified atom stereocenters. The molecule has 3 rings (SSSR count). The third kappa shape index (κ3) is 4.55. The zero-order valence-electron chi connectivity index (χ0n) is 13.1. The van der Waals surface area contributed by atoms with E-state index in [1.165, 1.54) is 0 Å². The van der Waals surface area contributed by atoms with E-state index in [-0.39, 0.29) is 5.91 Å². The van der Waals surface area contributed by atoms with Crippen LogP contribution in [0.5, 0.6) is 17.2 Å². The molecule has 1 aliphatic heterocycles. The lowest BCUT2D eigenvalue weighted by Gasteiger charge is -2.19. The Hall–Kier alpha value is -2.40. The summed E-state index contributed by atoms with van der Waals surface area (Å²) >= 11 is 5.81. The maximum absolute atomic E-state index is 12.0. The normalized spacial score (nSPS) is 12.5. The van der Waals surface area contributed by atoms with Crippen molar-refractivity contribution in [3.05, 3.63) is 47.5 Å². The molecule has 1 amide bonds. The van der Waals surface area contributed by atoms with Crippen molar-refractivity contribution in [1.29, 1.82) is 0 Å². The van der Waals surface area contributed by atoms with E-state index < -0.39 is 0 Å². The highest BCUT2D eigenvalue weighted by molar-refractivity contribution is 6.30. The van der Waals surface area contributed by atoms with Gasteiger partial charge in [0.1, 0.15) is 19.0 Å². The molecule has 2 aromatic rings. The van der Waals surface area contributed by atoms with Crippen LogP contribution in [0, 0.1) is 0 Å². The molecule has 1 aliphatic rings. The molecule has 0 aromatic heterocycles. The quantitative estimate of drug-likeness (QED) is 0.805. The van der Waals surface area contributed by atoms with Gasteiger partial charge in [-0.3, -0.25) is 4.79 Å². The summed E-state index contributed by atoms with van der Waals surface area (Å²) in [5.74, 6) is 2.04. The number of hydrogen-bond donors (Lipinski definition) is 1. The van der Waals surface area contributed by atoms with Gasteiger partial charge in [0, 0.05) is 23.2 Å². The van der Waals surface area contributed by atoms with Crippen LogP contribution < -0.4 is 19.5 Å². The Morgan fingerprint density at radius 1 is 1.08 bits per heavy atom. The third-order valence-electron chi connectivity index (χ3n) is 3.46. The van der Waals surface area contributed by atoms with Gasteiger partial charge in [-0.05, 0) is 42.8 Å². The molecule has 6 heteroatoms. The van der Waals surface area contributed by atoms with E-state index in [1.807, 2.05) is 0 Å². The minimum absolute atomic E-state index is 0.0635. The first kappa shape index (κ1) is 16.5. The highest BCUT2D eigenvalue weighted by Gasteiger charge is 2.12. The Morgan fingerprint density at radius 3 is 2.62 bits per heavy atom. The molecule has 0 aliphatic carbocycles. The van der Waals surface area contributed by atoms with E-state index in [4.69, 9.17) is 25.8 Å². The molecule has 0 saturated carbocycles. The van der Waals surface area contributed by atoms with Gasteiger partial charge in [0.05, 0.1) is 6.61 Å². The molecule has 24 heavy (non-hydrogen) atoms. The lowest BCUT2D eigenvalue weighted by atomic mass is 10.2. The van der Waals surface area contributed by atoms with Crippen LogP contribution in [0.4, 0.5) is 5.69 Å². The lowest BCUT2D eigenvalue weighted by Crippen LogP contribution is -2.16. The molecule has 126 valence electrons. The van der Waals surface area contributed by atoms with Gasteiger partial charge in [-0.15, -0.1) is 0 Å². The van der Waals surface area contributed by atoms with Gasteiger partial charge in [-0.25, -0.2) is 0 Å². The molecular formula is C18H18ClNO4. The minimum Gasteiger partial charge on any atom is -0.494 e. The van der Waals surface area contributed by atoms with Gasteiger partial charge in [-0.1, -0.05) is 11.6 Å². The Labute approximate surface area is 145 Å². The van der Waals surface area contributed by atoms with Crippen LogP contribution in [0.3, 0.4) is 0 Å². The van der Waals surface area contributed by atoms with E-state index >= 15 is 0 Å². The van der Waals surface area contributed by atoms with Gasteiger partial charge in [0.2, 0.25) is 5.91 Å². The summed E-state index contributed by atoms with van der Waals surface area (Å²) in [6.07, 6.45) is 1.00. The van der Waals surface area contributed by atoms with Crippen LogP contribution >= 0.6 is 11.6 Å². The molecule has 0 fully saturated rings. The number of benzene rings is 2. The Morgan fingerprint density at radius 2 is 1.83 bits per heavy atom. The Kier molecular flexibility index (Phi) is 5.43. The van der Waals surface area contributed by atoms with Crippen LogP contribution in [0.15, 0.2) is 42.5 Å². The van der Waals surface area contributed by atoms with Crippen molar-refractivity contribution in [2.75, 3.05) is 25.1 Å². The number of amides is 1. The van der Waals surface area contributed by atoms with E-state index in [9.17, 15) is 4.79 Å². The van der Waals surface area contributed by atoms with Crippen molar-refractivity contribution >= 4 is 23.2 Å². The summed E-state index contributed by atoms with van der Waals surface area (Å²) in [4.78, 5) is 12.0. The Bertz CT molecular complexity index is 703. The van der Waals surface area contributed by atoms with Crippen LogP contribution in [0.1, 0.15) is 12.8 Å². The first-order chi connectivity index (χ1) is 11.7. The highest BCUT2D eigenvalue weighted by Crippen LogP contribution is 2.32. The standard InChI is InChI=1S/C18H18ClNO4/c19-13-3-6-15(7-4-13)22-9-1-2-18(21)20-14-5-8-16-17(12-14)24-11-10-23-16/h3-8,12H,1-2,9-11H2,(H,20,21).